The first-order chi connectivity index (χ1) is 15.4. The average Bonchev–Trinajstić information content (AvgIpc) is 2.79. The van der Waals surface area contributed by atoms with Crippen LogP contribution in [0.2, 0.25) is 5.02 Å². The van der Waals surface area contributed by atoms with Crippen LogP contribution in [0.25, 0.3) is 0 Å². The van der Waals surface area contributed by atoms with Gasteiger partial charge in [-0.2, -0.15) is 0 Å². The largest absolute Gasteiger partial charge is 0.206 e. The van der Waals surface area contributed by atoms with Crippen molar-refractivity contribution in [1.82, 2.24) is 0 Å². The second-order valence-corrected chi connectivity index (χ2v) is 9.70. The molecule has 0 heterocycles. The van der Waals surface area contributed by atoms with Gasteiger partial charge in [0.2, 0.25) is 0 Å². The summed E-state index contributed by atoms with van der Waals surface area (Å²) in [4.78, 5) is 0. The molecule has 0 spiro atoms. The van der Waals surface area contributed by atoms with Crippen molar-refractivity contribution in [3.63, 3.8) is 0 Å². The fourth-order valence-electron chi connectivity index (χ4n) is 5.56. The van der Waals surface area contributed by atoms with E-state index in [1.54, 1.807) is 12.1 Å². The van der Waals surface area contributed by atoms with Crippen molar-refractivity contribution in [2.45, 2.75) is 57.3 Å². The van der Waals surface area contributed by atoms with E-state index < -0.39 is 16.7 Å². The maximum absolute atomic E-state index is 14.8. The van der Waals surface area contributed by atoms with E-state index in [1.165, 1.54) is 32.1 Å². The predicted molar refractivity (Wildman–Crippen MR) is 124 cm³/mol. The maximum atomic E-state index is 14.8. The SMILES string of the molecule is C=CCCC1CCC2CC(c3ccc(C#Cc4cc(F)c(Cl)c(F)c4)c(F)c3)CCC2C1. The summed E-state index contributed by atoms with van der Waals surface area (Å²) in [6, 6.07) is 7.33. The second-order valence-electron chi connectivity index (χ2n) is 9.32. The van der Waals surface area contributed by atoms with E-state index in [1.807, 2.05) is 12.1 Å². The normalized spacial score (nSPS) is 24.9. The topological polar surface area (TPSA) is 0 Å². The van der Waals surface area contributed by atoms with E-state index in [4.69, 9.17) is 11.6 Å². The Balaban J connectivity index is 1.42. The third kappa shape index (κ3) is 5.24. The summed E-state index contributed by atoms with van der Waals surface area (Å²) >= 11 is 5.49. The monoisotopic (exact) mass is 456 g/mol. The van der Waals surface area contributed by atoms with Crippen LogP contribution in [0.4, 0.5) is 13.2 Å². The Morgan fingerprint density at radius 3 is 2.34 bits per heavy atom. The Kier molecular flexibility index (Phi) is 7.31. The molecule has 0 saturated heterocycles. The number of rotatable bonds is 4. The summed E-state index contributed by atoms with van der Waals surface area (Å²) in [5, 5.41) is -0.564. The number of hydrogen-bond acceptors (Lipinski definition) is 0. The van der Waals surface area contributed by atoms with Crippen LogP contribution in [0.15, 0.2) is 43.0 Å². The Morgan fingerprint density at radius 1 is 0.906 bits per heavy atom. The summed E-state index contributed by atoms with van der Waals surface area (Å²) in [6.45, 7) is 3.85. The minimum atomic E-state index is -0.878. The van der Waals surface area contributed by atoms with Crippen LogP contribution in [-0.2, 0) is 0 Å². The highest BCUT2D eigenvalue weighted by Crippen LogP contribution is 2.48. The maximum Gasteiger partial charge on any atom is 0.146 e. The van der Waals surface area contributed by atoms with E-state index in [-0.39, 0.29) is 16.9 Å². The van der Waals surface area contributed by atoms with Gasteiger partial charge in [0.15, 0.2) is 0 Å². The molecular formula is C28H28ClF3. The fraction of sp³-hybridized carbons (Fsp3) is 0.429. The first-order valence-corrected chi connectivity index (χ1v) is 11.9. The Bertz CT molecular complexity index is 1030. The zero-order valence-electron chi connectivity index (χ0n) is 18.1. The molecule has 4 atom stereocenters. The minimum Gasteiger partial charge on any atom is -0.206 e. The number of benzene rings is 2. The van der Waals surface area contributed by atoms with Gasteiger partial charge in [-0.15, -0.1) is 6.58 Å². The molecule has 2 saturated carbocycles. The Hall–Kier alpha value is -2.18. The number of allylic oxidation sites excluding steroid dienone is 1. The van der Waals surface area contributed by atoms with Crippen LogP contribution in [-0.4, -0.2) is 0 Å². The lowest BCUT2D eigenvalue weighted by Gasteiger charge is -2.42. The molecule has 0 N–H and O–H groups in total. The third-order valence-corrected chi connectivity index (χ3v) is 7.65. The van der Waals surface area contributed by atoms with Gasteiger partial charge >= 0.3 is 0 Å². The van der Waals surface area contributed by atoms with Crippen LogP contribution in [0.1, 0.15) is 74.0 Å². The molecule has 0 amide bonds. The van der Waals surface area contributed by atoms with E-state index >= 15 is 0 Å². The standard InChI is InChI=1S/C28H28ClF3/c1-2-3-4-18-5-8-22-16-23(12-11-21(22)13-18)24-10-9-20(25(30)17-24)7-6-19-14-26(31)28(29)27(32)15-19/h2,9-10,14-15,17-18,21-23H,1,3-5,8,11-13,16H2. The lowest BCUT2D eigenvalue weighted by molar-refractivity contribution is 0.115. The van der Waals surface area contributed by atoms with Gasteiger partial charge in [-0.1, -0.05) is 42.0 Å². The molecular weight excluding hydrogens is 429 g/mol. The highest BCUT2D eigenvalue weighted by atomic mass is 35.5. The molecule has 0 radical (unpaired) electrons. The van der Waals surface area contributed by atoms with Crippen LogP contribution in [0.3, 0.4) is 0 Å². The first-order valence-electron chi connectivity index (χ1n) is 11.5. The predicted octanol–water partition coefficient (Wildman–Crippen LogP) is 8.42. The third-order valence-electron chi connectivity index (χ3n) is 7.29. The molecule has 0 bridgehead atoms. The van der Waals surface area contributed by atoms with Gasteiger partial charge in [-0.05, 0) is 98.4 Å². The van der Waals surface area contributed by atoms with E-state index in [9.17, 15) is 13.2 Å². The van der Waals surface area contributed by atoms with Crippen molar-refractivity contribution < 1.29 is 13.2 Å². The molecule has 4 heteroatoms. The molecule has 0 aromatic heterocycles. The average molecular weight is 457 g/mol. The molecule has 4 rings (SSSR count). The molecule has 32 heavy (non-hydrogen) atoms. The zero-order chi connectivity index (χ0) is 22.7. The lowest BCUT2D eigenvalue weighted by atomic mass is 9.63. The minimum absolute atomic E-state index is 0.120. The summed E-state index contributed by atoms with van der Waals surface area (Å²) in [5.41, 5.74) is 1.37. The summed E-state index contributed by atoms with van der Waals surface area (Å²) in [5.74, 6) is 5.95. The molecule has 168 valence electrons. The van der Waals surface area contributed by atoms with Crippen LogP contribution in [0.5, 0.6) is 0 Å². The lowest BCUT2D eigenvalue weighted by Crippen LogP contribution is -2.30. The second kappa shape index (κ2) is 10.2. The summed E-state index contributed by atoms with van der Waals surface area (Å²) in [6.07, 6.45) is 11.8. The van der Waals surface area contributed by atoms with E-state index in [2.05, 4.69) is 18.4 Å². The molecule has 2 aromatic rings. The van der Waals surface area contributed by atoms with Gasteiger partial charge in [-0.25, -0.2) is 13.2 Å². The molecule has 2 aliphatic carbocycles. The Morgan fingerprint density at radius 2 is 1.62 bits per heavy atom. The Labute approximate surface area is 193 Å². The van der Waals surface area contributed by atoms with Gasteiger partial charge in [0, 0.05) is 5.56 Å². The highest BCUT2D eigenvalue weighted by molar-refractivity contribution is 6.30. The van der Waals surface area contributed by atoms with Gasteiger partial charge < -0.3 is 0 Å². The van der Waals surface area contributed by atoms with Gasteiger partial charge in [0.25, 0.3) is 0 Å². The molecule has 2 aliphatic rings. The van der Waals surface area contributed by atoms with Crippen molar-refractivity contribution >= 4 is 11.6 Å². The summed E-state index contributed by atoms with van der Waals surface area (Å²) < 4.78 is 41.9. The molecule has 0 aliphatic heterocycles. The number of hydrogen-bond donors (Lipinski definition) is 0. The number of halogens is 4. The van der Waals surface area contributed by atoms with E-state index in [0.29, 0.717) is 5.92 Å². The van der Waals surface area contributed by atoms with Gasteiger partial charge in [0.1, 0.15) is 22.5 Å². The van der Waals surface area contributed by atoms with Gasteiger partial charge in [0.05, 0.1) is 5.56 Å². The van der Waals surface area contributed by atoms with Crippen molar-refractivity contribution in [2.75, 3.05) is 0 Å². The van der Waals surface area contributed by atoms with Crippen LogP contribution in [0, 0.1) is 47.0 Å². The smallest absolute Gasteiger partial charge is 0.146 e. The highest BCUT2D eigenvalue weighted by Gasteiger charge is 2.35. The summed E-state index contributed by atoms with van der Waals surface area (Å²) in [7, 11) is 0. The van der Waals surface area contributed by atoms with Crippen molar-refractivity contribution in [1.29, 1.82) is 0 Å². The molecule has 4 unspecified atom stereocenters. The van der Waals surface area contributed by atoms with Crippen LogP contribution >= 0.6 is 11.6 Å². The molecule has 2 aromatic carbocycles. The number of fused-ring (bicyclic) bond motifs is 1. The molecule has 0 nitrogen and oxygen atoms in total. The van der Waals surface area contributed by atoms with Crippen molar-refractivity contribution in [2.24, 2.45) is 17.8 Å². The molecule has 2 fully saturated rings. The van der Waals surface area contributed by atoms with Crippen LogP contribution < -0.4 is 0 Å². The van der Waals surface area contributed by atoms with E-state index in [0.717, 1.165) is 54.7 Å². The fourth-order valence-corrected chi connectivity index (χ4v) is 5.67. The quantitative estimate of drug-likeness (QED) is 0.246. The van der Waals surface area contributed by atoms with Gasteiger partial charge in [-0.3, -0.25) is 0 Å². The zero-order valence-corrected chi connectivity index (χ0v) is 18.9. The van der Waals surface area contributed by atoms with Crippen molar-refractivity contribution in [3.05, 3.63) is 82.2 Å². The van der Waals surface area contributed by atoms with Crippen molar-refractivity contribution in [3.8, 4) is 11.8 Å². The first kappa shape index (κ1) is 23.0.